The van der Waals surface area contributed by atoms with Crippen molar-refractivity contribution in [3.05, 3.63) is 12.4 Å². The lowest BCUT2D eigenvalue weighted by atomic mass is 9.98. The summed E-state index contributed by atoms with van der Waals surface area (Å²) in [5.41, 5.74) is 0.515. The molecule has 0 aromatic carbocycles. The van der Waals surface area contributed by atoms with Gasteiger partial charge in [-0.25, -0.2) is 4.79 Å². The monoisotopic (exact) mass is 280 g/mol. The zero-order valence-electron chi connectivity index (χ0n) is 11.7. The van der Waals surface area contributed by atoms with Crippen molar-refractivity contribution < 1.29 is 14.7 Å². The SMILES string of the molecule is CC1CCCC(C)N1C(=O)Nc1cnn(CC(=O)O)c1. The van der Waals surface area contributed by atoms with Crippen molar-refractivity contribution in [2.24, 2.45) is 0 Å². The minimum Gasteiger partial charge on any atom is -0.480 e. The Kier molecular flexibility index (Phi) is 4.26. The van der Waals surface area contributed by atoms with Gasteiger partial charge in [-0.2, -0.15) is 5.10 Å². The topological polar surface area (TPSA) is 87.5 Å². The molecule has 7 nitrogen and oxygen atoms in total. The molecule has 0 aliphatic carbocycles. The van der Waals surface area contributed by atoms with Gasteiger partial charge in [0, 0.05) is 18.3 Å². The van der Waals surface area contributed by atoms with Gasteiger partial charge in [-0.3, -0.25) is 9.48 Å². The number of nitrogens with one attached hydrogen (secondary N) is 1. The zero-order chi connectivity index (χ0) is 14.7. The van der Waals surface area contributed by atoms with E-state index < -0.39 is 5.97 Å². The molecule has 1 aromatic heterocycles. The minimum atomic E-state index is -0.968. The normalized spacial score (nSPS) is 22.6. The van der Waals surface area contributed by atoms with Crippen LogP contribution in [0.2, 0.25) is 0 Å². The summed E-state index contributed by atoms with van der Waals surface area (Å²) in [6.07, 6.45) is 6.14. The highest BCUT2D eigenvalue weighted by molar-refractivity contribution is 5.89. The molecule has 1 aromatic rings. The van der Waals surface area contributed by atoms with Crippen molar-refractivity contribution in [3.63, 3.8) is 0 Å². The number of carbonyl (C=O) groups excluding carboxylic acids is 1. The smallest absolute Gasteiger partial charge is 0.325 e. The third-order valence-electron chi connectivity index (χ3n) is 3.61. The number of likely N-dealkylation sites (tertiary alicyclic amines) is 1. The molecule has 20 heavy (non-hydrogen) atoms. The first-order valence-electron chi connectivity index (χ1n) is 6.81. The second-order valence-corrected chi connectivity index (χ2v) is 5.29. The van der Waals surface area contributed by atoms with Crippen LogP contribution in [0.25, 0.3) is 0 Å². The van der Waals surface area contributed by atoms with Crippen molar-refractivity contribution in [2.45, 2.75) is 51.7 Å². The lowest BCUT2D eigenvalue weighted by Gasteiger charge is -2.38. The molecule has 2 atom stereocenters. The van der Waals surface area contributed by atoms with Crippen LogP contribution in [-0.2, 0) is 11.3 Å². The number of nitrogens with zero attached hydrogens (tertiary/aromatic N) is 3. The molecule has 7 heteroatoms. The minimum absolute atomic E-state index is 0.153. The van der Waals surface area contributed by atoms with Crippen molar-refractivity contribution >= 4 is 17.7 Å². The third kappa shape index (κ3) is 3.28. The van der Waals surface area contributed by atoms with Crippen LogP contribution in [0.5, 0.6) is 0 Å². The van der Waals surface area contributed by atoms with Crippen LogP contribution < -0.4 is 5.32 Å². The van der Waals surface area contributed by atoms with Gasteiger partial charge in [-0.05, 0) is 33.1 Å². The van der Waals surface area contributed by atoms with Crippen LogP contribution in [-0.4, -0.2) is 43.9 Å². The predicted octanol–water partition coefficient (Wildman–Crippen LogP) is 1.76. The first-order chi connectivity index (χ1) is 9.47. The van der Waals surface area contributed by atoms with E-state index in [1.54, 1.807) is 0 Å². The van der Waals surface area contributed by atoms with Gasteiger partial charge in [0.05, 0.1) is 11.9 Å². The zero-order valence-corrected chi connectivity index (χ0v) is 11.7. The molecule has 2 amide bonds. The van der Waals surface area contributed by atoms with Gasteiger partial charge in [0.25, 0.3) is 0 Å². The van der Waals surface area contributed by atoms with Gasteiger partial charge in [0.1, 0.15) is 6.54 Å². The number of urea groups is 1. The number of carboxylic acid groups (broad SMARTS) is 1. The second kappa shape index (κ2) is 5.94. The summed E-state index contributed by atoms with van der Waals surface area (Å²) in [6.45, 7) is 3.87. The molecule has 1 saturated heterocycles. The summed E-state index contributed by atoms with van der Waals surface area (Å²) in [4.78, 5) is 24.7. The Labute approximate surface area is 117 Å². The summed E-state index contributed by atoms with van der Waals surface area (Å²) in [7, 11) is 0. The number of hydrogen-bond acceptors (Lipinski definition) is 3. The van der Waals surface area contributed by atoms with E-state index >= 15 is 0 Å². The first-order valence-corrected chi connectivity index (χ1v) is 6.81. The molecule has 0 spiro atoms. The molecule has 0 saturated carbocycles. The number of carboxylic acids is 1. The van der Waals surface area contributed by atoms with Gasteiger partial charge < -0.3 is 15.3 Å². The molecule has 2 N–H and O–H groups in total. The molecule has 110 valence electrons. The maximum absolute atomic E-state index is 12.3. The van der Waals surface area contributed by atoms with Crippen LogP contribution in [0.15, 0.2) is 12.4 Å². The molecular weight excluding hydrogens is 260 g/mol. The van der Waals surface area contributed by atoms with E-state index in [2.05, 4.69) is 10.4 Å². The molecule has 0 radical (unpaired) electrons. The highest BCUT2D eigenvalue weighted by Gasteiger charge is 2.29. The molecule has 1 aliphatic heterocycles. The number of piperidine rings is 1. The Hall–Kier alpha value is -2.05. The van der Waals surface area contributed by atoms with Crippen molar-refractivity contribution in [2.75, 3.05) is 5.32 Å². The maximum Gasteiger partial charge on any atom is 0.325 e. The Morgan fingerprint density at radius 3 is 2.65 bits per heavy atom. The third-order valence-corrected chi connectivity index (χ3v) is 3.61. The first kappa shape index (κ1) is 14.4. The van der Waals surface area contributed by atoms with Gasteiger partial charge in [-0.1, -0.05) is 0 Å². The van der Waals surface area contributed by atoms with Crippen LogP contribution in [0.4, 0.5) is 10.5 Å². The number of anilines is 1. The molecule has 2 heterocycles. The Morgan fingerprint density at radius 2 is 2.05 bits per heavy atom. The Balaban J connectivity index is 2.00. The quantitative estimate of drug-likeness (QED) is 0.883. The number of aliphatic carboxylic acids is 1. The van der Waals surface area contributed by atoms with Gasteiger partial charge in [-0.15, -0.1) is 0 Å². The number of carbonyl (C=O) groups is 2. The number of aromatic nitrogens is 2. The predicted molar refractivity (Wildman–Crippen MR) is 73.5 cm³/mol. The van der Waals surface area contributed by atoms with E-state index in [0.717, 1.165) is 19.3 Å². The highest BCUT2D eigenvalue weighted by Crippen LogP contribution is 2.23. The van der Waals surface area contributed by atoms with Crippen molar-refractivity contribution in [1.82, 2.24) is 14.7 Å². The Bertz CT molecular complexity index is 490. The molecule has 0 bridgehead atoms. The van der Waals surface area contributed by atoms with Crippen molar-refractivity contribution in [1.29, 1.82) is 0 Å². The van der Waals surface area contributed by atoms with Crippen LogP contribution in [0, 0.1) is 0 Å². The van der Waals surface area contributed by atoms with E-state index in [-0.39, 0.29) is 24.7 Å². The highest BCUT2D eigenvalue weighted by atomic mass is 16.4. The molecular formula is C13H20N4O3. The van der Waals surface area contributed by atoms with Crippen LogP contribution >= 0.6 is 0 Å². The summed E-state index contributed by atoms with van der Waals surface area (Å²) in [5, 5.41) is 15.3. The number of hydrogen-bond donors (Lipinski definition) is 2. The number of rotatable bonds is 3. The average Bonchev–Trinajstić information content (AvgIpc) is 2.75. The van der Waals surface area contributed by atoms with E-state index in [1.165, 1.54) is 17.1 Å². The summed E-state index contributed by atoms with van der Waals surface area (Å²) in [6, 6.07) is 0.278. The fourth-order valence-corrected chi connectivity index (χ4v) is 2.66. The number of amides is 2. The lowest BCUT2D eigenvalue weighted by Crippen LogP contribution is -2.49. The fourth-order valence-electron chi connectivity index (χ4n) is 2.66. The van der Waals surface area contributed by atoms with Gasteiger partial charge in [0.2, 0.25) is 0 Å². The maximum atomic E-state index is 12.3. The Morgan fingerprint density at radius 1 is 1.40 bits per heavy atom. The summed E-state index contributed by atoms with van der Waals surface area (Å²) in [5.74, 6) is -0.968. The van der Waals surface area contributed by atoms with Crippen molar-refractivity contribution in [3.8, 4) is 0 Å². The van der Waals surface area contributed by atoms with E-state index in [0.29, 0.717) is 5.69 Å². The van der Waals surface area contributed by atoms with E-state index in [9.17, 15) is 9.59 Å². The summed E-state index contributed by atoms with van der Waals surface area (Å²) >= 11 is 0. The van der Waals surface area contributed by atoms with Crippen LogP contribution in [0.3, 0.4) is 0 Å². The molecule has 2 rings (SSSR count). The fraction of sp³-hybridized carbons (Fsp3) is 0.615. The second-order valence-electron chi connectivity index (χ2n) is 5.29. The molecule has 1 aliphatic rings. The van der Waals surface area contributed by atoms with Gasteiger partial charge >= 0.3 is 12.0 Å². The molecule has 1 fully saturated rings. The summed E-state index contributed by atoms with van der Waals surface area (Å²) < 4.78 is 1.28. The lowest BCUT2D eigenvalue weighted by molar-refractivity contribution is -0.137. The van der Waals surface area contributed by atoms with E-state index in [4.69, 9.17) is 5.11 Å². The molecule has 2 unspecified atom stereocenters. The van der Waals surface area contributed by atoms with Gasteiger partial charge in [0.15, 0.2) is 0 Å². The van der Waals surface area contributed by atoms with E-state index in [1.807, 2.05) is 18.7 Å². The average molecular weight is 280 g/mol. The largest absolute Gasteiger partial charge is 0.480 e. The standard InChI is InChI=1S/C13H20N4O3/c1-9-4-3-5-10(2)17(9)13(20)15-11-6-14-16(7-11)8-12(18)19/h6-7,9-10H,3-5,8H2,1-2H3,(H,15,20)(H,18,19). The van der Waals surface area contributed by atoms with Crippen LogP contribution in [0.1, 0.15) is 33.1 Å².